The van der Waals surface area contributed by atoms with E-state index in [4.69, 9.17) is 27.9 Å². The zero-order chi connectivity index (χ0) is 17.3. The number of ether oxygens (including phenoxy) is 1. The van der Waals surface area contributed by atoms with Gasteiger partial charge in [-0.2, -0.15) is 0 Å². The molecule has 24 heavy (non-hydrogen) atoms. The van der Waals surface area contributed by atoms with E-state index in [1.165, 1.54) is 12.8 Å². The SMILES string of the molecule is Cc1ccc(C(=O)C2CCC([C@@H]3CCC(C)CO3)CC2)c(Cl)c1Cl. The smallest absolute Gasteiger partial charge is 0.167 e. The molecule has 1 heterocycles. The first-order valence-corrected chi connectivity index (χ1v) is 9.83. The van der Waals surface area contributed by atoms with E-state index >= 15 is 0 Å². The molecule has 1 saturated carbocycles. The van der Waals surface area contributed by atoms with Crippen LogP contribution in [0.15, 0.2) is 12.1 Å². The minimum atomic E-state index is 0.0695. The molecule has 0 N–H and O–H groups in total. The fourth-order valence-electron chi connectivity index (χ4n) is 4.08. The zero-order valence-corrected chi connectivity index (χ0v) is 16.0. The van der Waals surface area contributed by atoms with Crippen LogP contribution in [0.1, 0.15) is 61.4 Å². The van der Waals surface area contributed by atoms with Gasteiger partial charge in [-0.1, -0.05) is 36.2 Å². The van der Waals surface area contributed by atoms with Crippen molar-refractivity contribution in [1.29, 1.82) is 0 Å². The number of benzene rings is 1. The van der Waals surface area contributed by atoms with Crippen LogP contribution in [0.2, 0.25) is 10.0 Å². The first kappa shape index (κ1) is 18.2. The predicted molar refractivity (Wildman–Crippen MR) is 99.1 cm³/mol. The molecule has 0 radical (unpaired) electrons. The molecule has 1 aromatic rings. The van der Waals surface area contributed by atoms with Gasteiger partial charge in [0.05, 0.1) is 16.1 Å². The van der Waals surface area contributed by atoms with E-state index < -0.39 is 0 Å². The summed E-state index contributed by atoms with van der Waals surface area (Å²) in [7, 11) is 0. The van der Waals surface area contributed by atoms with E-state index in [0.29, 0.717) is 33.5 Å². The highest BCUT2D eigenvalue weighted by Crippen LogP contribution is 2.38. The Balaban J connectivity index is 1.60. The van der Waals surface area contributed by atoms with Gasteiger partial charge in [0, 0.05) is 18.1 Å². The number of hydrogen-bond donors (Lipinski definition) is 0. The second-order valence-corrected chi connectivity index (χ2v) is 8.34. The summed E-state index contributed by atoms with van der Waals surface area (Å²) in [5, 5.41) is 0.911. The number of rotatable bonds is 3. The number of aryl methyl sites for hydroxylation is 1. The second kappa shape index (κ2) is 7.76. The van der Waals surface area contributed by atoms with Crippen LogP contribution < -0.4 is 0 Å². The van der Waals surface area contributed by atoms with Gasteiger partial charge in [-0.15, -0.1) is 0 Å². The molecule has 3 rings (SSSR count). The minimum Gasteiger partial charge on any atom is -0.378 e. The summed E-state index contributed by atoms with van der Waals surface area (Å²) < 4.78 is 6.03. The monoisotopic (exact) mass is 368 g/mol. The number of hydrogen-bond acceptors (Lipinski definition) is 2. The van der Waals surface area contributed by atoms with E-state index in [1.54, 1.807) is 0 Å². The van der Waals surface area contributed by atoms with Crippen LogP contribution in [-0.4, -0.2) is 18.5 Å². The number of ketones is 1. The molecule has 132 valence electrons. The van der Waals surface area contributed by atoms with E-state index in [1.807, 2.05) is 19.1 Å². The molecule has 0 spiro atoms. The Labute approximate surface area is 154 Å². The largest absolute Gasteiger partial charge is 0.378 e. The minimum absolute atomic E-state index is 0.0695. The number of carbonyl (C=O) groups excluding carboxylic acids is 1. The topological polar surface area (TPSA) is 26.3 Å². The predicted octanol–water partition coefficient (Wildman–Crippen LogP) is 6.11. The van der Waals surface area contributed by atoms with Crippen LogP contribution >= 0.6 is 23.2 Å². The van der Waals surface area contributed by atoms with Gasteiger partial charge < -0.3 is 4.74 Å². The lowest BCUT2D eigenvalue weighted by atomic mass is 9.75. The molecule has 2 aliphatic rings. The Morgan fingerprint density at radius 2 is 1.75 bits per heavy atom. The van der Waals surface area contributed by atoms with E-state index in [9.17, 15) is 4.79 Å². The Morgan fingerprint density at radius 3 is 2.38 bits per heavy atom. The van der Waals surface area contributed by atoms with Crippen molar-refractivity contribution in [2.45, 2.75) is 58.5 Å². The lowest BCUT2D eigenvalue weighted by Gasteiger charge is -2.37. The van der Waals surface area contributed by atoms with Crippen molar-refractivity contribution in [3.63, 3.8) is 0 Å². The van der Waals surface area contributed by atoms with Crippen LogP contribution in [-0.2, 0) is 4.74 Å². The normalized spacial score (nSPS) is 31.0. The van der Waals surface area contributed by atoms with Crippen LogP contribution in [0.25, 0.3) is 0 Å². The van der Waals surface area contributed by atoms with Gasteiger partial charge in [0.1, 0.15) is 0 Å². The maximum atomic E-state index is 12.8. The Kier molecular flexibility index (Phi) is 5.89. The van der Waals surface area contributed by atoms with Gasteiger partial charge in [0.15, 0.2) is 5.78 Å². The van der Waals surface area contributed by atoms with Crippen LogP contribution in [0, 0.1) is 24.7 Å². The second-order valence-electron chi connectivity index (χ2n) is 7.59. The molecule has 1 unspecified atom stereocenters. The summed E-state index contributed by atoms with van der Waals surface area (Å²) in [6.45, 7) is 5.04. The van der Waals surface area contributed by atoms with E-state index in [2.05, 4.69) is 6.92 Å². The van der Waals surface area contributed by atoms with Crippen molar-refractivity contribution in [2.24, 2.45) is 17.8 Å². The van der Waals surface area contributed by atoms with Crippen LogP contribution in [0.3, 0.4) is 0 Å². The summed E-state index contributed by atoms with van der Waals surface area (Å²) in [6.07, 6.45) is 6.85. The standard InChI is InChI=1S/C20H26Cl2O2/c1-12-3-10-17(24-11-12)14-5-7-15(8-6-14)20(23)16-9-4-13(2)18(21)19(16)22/h4,9,12,14-15,17H,3,5-8,10-11H2,1-2H3/t12?,14?,15?,17-/m0/s1. The molecule has 2 nitrogen and oxygen atoms in total. The summed E-state index contributed by atoms with van der Waals surface area (Å²) >= 11 is 12.5. The molecule has 0 aromatic heterocycles. The highest BCUT2D eigenvalue weighted by molar-refractivity contribution is 6.44. The molecular weight excluding hydrogens is 343 g/mol. The van der Waals surface area contributed by atoms with Crippen molar-refractivity contribution < 1.29 is 9.53 Å². The van der Waals surface area contributed by atoms with Crippen molar-refractivity contribution in [3.8, 4) is 0 Å². The quantitative estimate of drug-likeness (QED) is 0.601. The first-order valence-electron chi connectivity index (χ1n) is 9.07. The maximum Gasteiger partial charge on any atom is 0.167 e. The van der Waals surface area contributed by atoms with Gasteiger partial charge in [0.2, 0.25) is 0 Å². The van der Waals surface area contributed by atoms with Gasteiger partial charge in [-0.25, -0.2) is 0 Å². The van der Waals surface area contributed by atoms with E-state index in [0.717, 1.165) is 37.9 Å². The fraction of sp³-hybridized carbons (Fsp3) is 0.650. The lowest BCUT2D eigenvalue weighted by molar-refractivity contribution is -0.0535. The number of carbonyl (C=O) groups is 1. The Bertz CT molecular complexity index is 598. The Hall–Kier alpha value is -0.570. The summed E-state index contributed by atoms with van der Waals surface area (Å²) in [6, 6.07) is 3.70. The number of halogens is 2. The first-order chi connectivity index (χ1) is 11.5. The average Bonchev–Trinajstić information content (AvgIpc) is 2.60. The molecule has 4 heteroatoms. The van der Waals surface area contributed by atoms with Crippen molar-refractivity contribution in [2.75, 3.05) is 6.61 Å². The molecule has 1 saturated heterocycles. The highest BCUT2D eigenvalue weighted by Gasteiger charge is 2.33. The van der Waals surface area contributed by atoms with Crippen molar-refractivity contribution in [1.82, 2.24) is 0 Å². The van der Waals surface area contributed by atoms with E-state index in [-0.39, 0.29) is 11.7 Å². The molecule has 1 aliphatic heterocycles. The third-order valence-electron chi connectivity index (χ3n) is 5.75. The summed E-state index contributed by atoms with van der Waals surface area (Å²) in [5.74, 6) is 1.52. The molecule has 1 aromatic carbocycles. The Morgan fingerprint density at radius 1 is 1.04 bits per heavy atom. The molecule has 2 atom stereocenters. The number of Topliss-reactive ketones (excluding diaryl/α,β-unsaturated/α-hetero) is 1. The van der Waals surface area contributed by atoms with Crippen molar-refractivity contribution >= 4 is 29.0 Å². The van der Waals surface area contributed by atoms with Gasteiger partial charge in [0.25, 0.3) is 0 Å². The maximum absolute atomic E-state index is 12.8. The van der Waals surface area contributed by atoms with Gasteiger partial charge >= 0.3 is 0 Å². The van der Waals surface area contributed by atoms with Gasteiger partial charge in [-0.3, -0.25) is 4.79 Å². The van der Waals surface area contributed by atoms with Gasteiger partial charge in [-0.05, 0) is 68.9 Å². The lowest BCUT2D eigenvalue weighted by Crippen LogP contribution is -2.34. The van der Waals surface area contributed by atoms with Crippen molar-refractivity contribution in [3.05, 3.63) is 33.3 Å². The summed E-state index contributed by atoms with van der Waals surface area (Å²) in [4.78, 5) is 12.8. The molecule has 0 bridgehead atoms. The molecule has 2 fully saturated rings. The molecular formula is C20H26Cl2O2. The fourth-order valence-corrected chi connectivity index (χ4v) is 4.55. The zero-order valence-electron chi connectivity index (χ0n) is 14.5. The third kappa shape index (κ3) is 3.81. The average molecular weight is 369 g/mol. The highest BCUT2D eigenvalue weighted by atomic mass is 35.5. The summed E-state index contributed by atoms with van der Waals surface area (Å²) in [5.41, 5.74) is 1.49. The molecule has 0 amide bonds. The van der Waals surface area contributed by atoms with Crippen LogP contribution in [0.4, 0.5) is 0 Å². The third-order valence-corrected chi connectivity index (χ3v) is 6.72. The van der Waals surface area contributed by atoms with Crippen LogP contribution in [0.5, 0.6) is 0 Å². The molecule has 1 aliphatic carbocycles.